The molecule has 0 aliphatic carbocycles. The Labute approximate surface area is 94.1 Å². The molecule has 0 radical (unpaired) electrons. The molecular weight excluding hydrogens is 192 g/mol. The van der Waals surface area contributed by atoms with Crippen LogP contribution in [0.2, 0.25) is 0 Å². The largest absolute Gasteiger partial charge is 0.382 e. The summed E-state index contributed by atoms with van der Waals surface area (Å²) in [6.07, 6.45) is 1.17. The van der Waals surface area contributed by atoms with Crippen molar-refractivity contribution in [3.05, 3.63) is 0 Å². The second-order valence-electron chi connectivity index (χ2n) is 5.26. The van der Waals surface area contributed by atoms with Crippen molar-refractivity contribution in [1.29, 1.82) is 0 Å². The van der Waals surface area contributed by atoms with E-state index in [1.807, 2.05) is 0 Å². The maximum atomic E-state index is 5.41. The van der Waals surface area contributed by atoms with Crippen LogP contribution in [-0.2, 0) is 14.2 Å². The summed E-state index contributed by atoms with van der Waals surface area (Å²) in [6.45, 7) is 11.3. The SMILES string of the molecule is COCCOCOCC(C)CC(C)(C)C. The van der Waals surface area contributed by atoms with Crippen LogP contribution in [-0.4, -0.2) is 33.7 Å². The summed E-state index contributed by atoms with van der Waals surface area (Å²) in [5.41, 5.74) is 0.375. The predicted octanol–water partition coefficient (Wildman–Crippen LogP) is 2.70. The van der Waals surface area contributed by atoms with E-state index >= 15 is 0 Å². The Balaban J connectivity index is 3.28. The van der Waals surface area contributed by atoms with Crippen molar-refractivity contribution in [2.45, 2.75) is 34.1 Å². The van der Waals surface area contributed by atoms with Crippen LogP contribution in [0.5, 0.6) is 0 Å². The summed E-state index contributed by atoms with van der Waals surface area (Å²) >= 11 is 0. The Kier molecular flexibility index (Phi) is 8.02. The van der Waals surface area contributed by atoms with E-state index in [4.69, 9.17) is 14.2 Å². The van der Waals surface area contributed by atoms with Gasteiger partial charge >= 0.3 is 0 Å². The summed E-state index contributed by atoms with van der Waals surface area (Å²) in [5.74, 6) is 0.580. The maximum Gasteiger partial charge on any atom is 0.146 e. The van der Waals surface area contributed by atoms with Gasteiger partial charge in [-0.1, -0.05) is 27.7 Å². The third-order valence-electron chi connectivity index (χ3n) is 1.96. The van der Waals surface area contributed by atoms with Crippen LogP contribution < -0.4 is 0 Å². The monoisotopic (exact) mass is 218 g/mol. The van der Waals surface area contributed by atoms with Gasteiger partial charge in [-0.2, -0.15) is 0 Å². The molecule has 0 bridgehead atoms. The van der Waals surface area contributed by atoms with E-state index in [9.17, 15) is 0 Å². The maximum absolute atomic E-state index is 5.41. The van der Waals surface area contributed by atoms with Crippen molar-refractivity contribution in [3.63, 3.8) is 0 Å². The van der Waals surface area contributed by atoms with Gasteiger partial charge in [-0.3, -0.25) is 0 Å². The molecule has 0 amide bonds. The van der Waals surface area contributed by atoms with Crippen LogP contribution >= 0.6 is 0 Å². The Bertz CT molecular complexity index is 140. The normalized spacial score (nSPS) is 14.2. The zero-order valence-electron chi connectivity index (χ0n) is 10.8. The van der Waals surface area contributed by atoms with Crippen LogP contribution in [0.1, 0.15) is 34.1 Å². The number of hydrogen-bond acceptors (Lipinski definition) is 3. The van der Waals surface area contributed by atoms with Gasteiger partial charge in [-0.15, -0.1) is 0 Å². The lowest BCUT2D eigenvalue weighted by atomic mass is 9.86. The minimum Gasteiger partial charge on any atom is -0.382 e. The fourth-order valence-corrected chi connectivity index (χ4v) is 1.61. The van der Waals surface area contributed by atoms with E-state index in [1.54, 1.807) is 7.11 Å². The van der Waals surface area contributed by atoms with Gasteiger partial charge < -0.3 is 14.2 Å². The number of methoxy groups -OCH3 is 1. The first-order chi connectivity index (χ1) is 6.95. The second kappa shape index (κ2) is 8.08. The lowest BCUT2D eigenvalue weighted by Gasteiger charge is -2.22. The van der Waals surface area contributed by atoms with Gasteiger partial charge in [0, 0.05) is 7.11 Å². The van der Waals surface area contributed by atoms with E-state index in [0.717, 1.165) is 6.61 Å². The van der Waals surface area contributed by atoms with Crippen LogP contribution in [0, 0.1) is 11.3 Å². The van der Waals surface area contributed by atoms with Gasteiger partial charge in [0.25, 0.3) is 0 Å². The van der Waals surface area contributed by atoms with Gasteiger partial charge in [0.1, 0.15) is 6.79 Å². The third kappa shape index (κ3) is 11.8. The molecule has 0 saturated carbocycles. The molecule has 0 heterocycles. The summed E-state index contributed by atoms with van der Waals surface area (Å²) in [7, 11) is 1.66. The molecule has 0 spiro atoms. The second-order valence-corrected chi connectivity index (χ2v) is 5.26. The first kappa shape index (κ1) is 14.9. The van der Waals surface area contributed by atoms with Crippen LogP contribution in [0.3, 0.4) is 0 Å². The van der Waals surface area contributed by atoms with E-state index in [0.29, 0.717) is 31.3 Å². The van der Waals surface area contributed by atoms with Gasteiger partial charge in [-0.05, 0) is 17.8 Å². The highest BCUT2D eigenvalue weighted by Crippen LogP contribution is 2.24. The Hall–Kier alpha value is -0.120. The van der Waals surface area contributed by atoms with Crippen molar-refractivity contribution in [3.8, 4) is 0 Å². The zero-order chi connectivity index (χ0) is 11.7. The van der Waals surface area contributed by atoms with E-state index in [2.05, 4.69) is 27.7 Å². The van der Waals surface area contributed by atoms with Crippen LogP contribution in [0.15, 0.2) is 0 Å². The number of hydrogen-bond donors (Lipinski definition) is 0. The average molecular weight is 218 g/mol. The van der Waals surface area contributed by atoms with Gasteiger partial charge in [0.15, 0.2) is 0 Å². The molecular formula is C12H26O3. The average Bonchev–Trinajstić information content (AvgIpc) is 2.08. The Morgan fingerprint density at radius 3 is 2.27 bits per heavy atom. The van der Waals surface area contributed by atoms with E-state index in [1.165, 1.54) is 6.42 Å². The van der Waals surface area contributed by atoms with E-state index in [-0.39, 0.29) is 0 Å². The summed E-state index contributed by atoms with van der Waals surface area (Å²) < 4.78 is 15.5. The fourth-order valence-electron chi connectivity index (χ4n) is 1.61. The van der Waals surface area contributed by atoms with Gasteiger partial charge in [0.2, 0.25) is 0 Å². The molecule has 15 heavy (non-hydrogen) atoms. The highest BCUT2D eigenvalue weighted by molar-refractivity contribution is 4.65. The molecule has 0 aromatic carbocycles. The highest BCUT2D eigenvalue weighted by Gasteiger charge is 2.14. The Morgan fingerprint density at radius 1 is 1.07 bits per heavy atom. The molecule has 0 rings (SSSR count). The molecule has 92 valence electrons. The lowest BCUT2D eigenvalue weighted by Crippen LogP contribution is -2.16. The summed E-state index contributed by atoms with van der Waals surface area (Å²) in [4.78, 5) is 0. The van der Waals surface area contributed by atoms with Crippen LogP contribution in [0.4, 0.5) is 0 Å². The minimum atomic E-state index is 0.373. The van der Waals surface area contributed by atoms with Crippen molar-refractivity contribution in [2.24, 2.45) is 11.3 Å². The van der Waals surface area contributed by atoms with Crippen molar-refractivity contribution < 1.29 is 14.2 Å². The molecule has 0 N–H and O–H groups in total. The molecule has 0 aromatic heterocycles. The Morgan fingerprint density at radius 2 is 1.73 bits per heavy atom. The van der Waals surface area contributed by atoms with Crippen molar-refractivity contribution in [2.75, 3.05) is 33.7 Å². The molecule has 0 aliphatic heterocycles. The molecule has 3 nitrogen and oxygen atoms in total. The highest BCUT2D eigenvalue weighted by atomic mass is 16.7. The quantitative estimate of drug-likeness (QED) is 0.463. The topological polar surface area (TPSA) is 27.7 Å². The van der Waals surface area contributed by atoms with Gasteiger partial charge in [0.05, 0.1) is 19.8 Å². The lowest BCUT2D eigenvalue weighted by molar-refractivity contribution is -0.0758. The van der Waals surface area contributed by atoms with Crippen LogP contribution in [0.25, 0.3) is 0 Å². The first-order valence-corrected chi connectivity index (χ1v) is 5.60. The molecule has 0 aliphatic rings. The van der Waals surface area contributed by atoms with Gasteiger partial charge in [-0.25, -0.2) is 0 Å². The smallest absolute Gasteiger partial charge is 0.146 e. The van der Waals surface area contributed by atoms with Crippen molar-refractivity contribution >= 4 is 0 Å². The standard InChI is InChI=1S/C12H26O3/c1-11(8-12(2,3)4)9-15-10-14-7-6-13-5/h11H,6-10H2,1-5H3. The minimum absolute atomic E-state index is 0.373. The van der Waals surface area contributed by atoms with E-state index < -0.39 is 0 Å². The molecule has 1 unspecified atom stereocenters. The number of rotatable bonds is 8. The molecule has 0 aromatic rings. The summed E-state index contributed by atoms with van der Waals surface area (Å²) in [6, 6.07) is 0. The third-order valence-corrected chi connectivity index (χ3v) is 1.96. The molecule has 0 fully saturated rings. The molecule has 1 atom stereocenters. The predicted molar refractivity (Wildman–Crippen MR) is 61.9 cm³/mol. The first-order valence-electron chi connectivity index (χ1n) is 5.60. The molecule has 3 heteroatoms. The van der Waals surface area contributed by atoms with Crippen molar-refractivity contribution in [1.82, 2.24) is 0 Å². The summed E-state index contributed by atoms with van der Waals surface area (Å²) in [5, 5.41) is 0. The zero-order valence-corrected chi connectivity index (χ0v) is 10.8. The molecule has 0 saturated heterocycles. The number of ether oxygens (including phenoxy) is 3. The fraction of sp³-hybridized carbons (Fsp3) is 1.00.